The molecular weight excluding hydrogens is 504 g/mol. The molecule has 2 aromatic carbocycles. The smallest absolute Gasteiger partial charge is 0.219 e. The summed E-state index contributed by atoms with van der Waals surface area (Å²) >= 11 is 3.45. The molecule has 2 N–H and O–H groups in total. The van der Waals surface area contributed by atoms with Crippen LogP contribution in [0, 0.1) is 6.92 Å². The van der Waals surface area contributed by atoms with Gasteiger partial charge in [0.15, 0.2) is 5.78 Å². The number of ketones is 1. The Labute approximate surface area is 220 Å². The average Bonchev–Trinajstić information content (AvgIpc) is 3.42. The maximum atomic E-state index is 12.1. The van der Waals surface area contributed by atoms with Crippen LogP contribution < -0.4 is 4.74 Å². The maximum absolute atomic E-state index is 12.1. The van der Waals surface area contributed by atoms with Crippen LogP contribution in [0.2, 0.25) is 0 Å². The van der Waals surface area contributed by atoms with Gasteiger partial charge in [0.05, 0.1) is 24.7 Å². The van der Waals surface area contributed by atoms with Crippen molar-refractivity contribution in [2.75, 3.05) is 40.4 Å². The maximum Gasteiger partial charge on any atom is 0.219 e. The first-order chi connectivity index (χ1) is 17.3. The topological polar surface area (TPSA) is 104 Å². The minimum atomic E-state index is -0.654. The molecule has 0 amide bonds. The van der Waals surface area contributed by atoms with Crippen LogP contribution in [0.15, 0.2) is 12.1 Å². The summed E-state index contributed by atoms with van der Waals surface area (Å²) < 4.78 is 28.5. The molecule has 4 atom stereocenters. The highest BCUT2D eigenvalue weighted by atomic mass is 32.2. The Hall–Kier alpha value is -1.69. The third-order valence-electron chi connectivity index (χ3n) is 7.02. The quantitative estimate of drug-likeness (QED) is 0.518. The SMILES string of the molecule is COC1C2COC(C(SC)SC)(O2)C1OC.COc1c2c(c(O)c3c(O)cc(C)cc13)C(=O)CCC2. The van der Waals surface area contributed by atoms with E-state index in [1.165, 1.54) is 0 Å². The Morgan fingerprint density at radius 1 is 1.11 bits per heavy atom. The summed E-state index contributed by atoms with van der Waals surface area (Å²) in [4.78, 5) is 12.1. The fraction of sp³-hybridized carbons (Fsp3) is 0.577. The number of aryl methyl sites for hydroxylation is 1. The lowest BCUT2D eigenvalue weighted by Crippen LogP contribution is -2.54. The molecule has 0 saturated carbocycles. The predicted molar refractivity (Wildman–Crippen MR) is 142 cm³/mol. The fourth-order valence-corrected chi connectivity index (χ4v) is 7.51. The molecule has 3 aliphatic rings. The van der Waals surface area contributed by atoms with E-state index in [4.69, 9.17) is 23.7 Å². The molecule has 2 aromatic rings. The van der Waals surface area contributed by atoms with Crippen molar-refractivity contribution in [3.63, 3.8) is 0 Å². The van der Waals surface area contributed by atoms with Crippen LogP contribution in [0.25, 0.3) is 10.8 Å². The van der Waals surface area contributed by atoms with Crippen molar-refractivity contribution in [3.8, 4) is 17.2 Å². The highest BCUT2D eigenvalue weighted by Crippen LogP contribution is 2.50. The normalized spacial score (nSPS) is 26.8. The van der Waals surface area contributed by atoms with E-state index in [0.29, 0.717) is 41.5 Å². The van der Waals surface area contributed by atoms with Crippen molar-refractivity contribution in [3.05, 3.63) is 28.8 Å². The van der Waals surface area contributed by atoms with Crippen LogP contribution in [0.4, 0.5) is 0 Å². The van der Waals surface area contributed by atoms with Gasteiger partial charge in [0.2, 0.25) is 5.79 Å². The van der Waals surface area contributed by atoms with Crippen LogP contribution in [0.1, 0.15) is 34.3 Å². The zero-order valence-corrected chi connectivity index (χ0v) is 23.1. The number of phenols is 2. The van der Waals surface area contributed by atoms with Crippen LogP contribution in [0.5, 0.6) is 17.2 Å². The Morgan fingerprint density at radius 3 is 2.44 bits per heavy atom. The number of Topliss-reactive ketones (excluding diaryl/α,β-unsaturated/α-hetero) is 1. The van der Waals surface area contributed by atoms with Crippen molar-refractivity contribution in [1.82, 2.24) is 0 Å². The number of carbonyl (C=O) groups is 1. The van der Waals surface area contributed by atoms with Gasteiger partial charge < -0.3 is 33.9 Å². The Morgan fingerprint density at radius 2 is 1.83 bits per heavy atom. The minimum Gasteiger partial charge on any atom is -0.507 e. The van der Waals surface area contributed by atoms with Gasteiger partial charge in [0.1, 0.15) is 40.1 Å². The zero-order chi connectivity index (χ0) is 26.2. The number of phenolic OH excluding ortho intramolecular Hbond substituents is 2. The summed E-state index contributed by atoms with van der Waals surface area (Å²) in [5, 5.41) is 21.5. The molecule has 198 valence electrons. The van der Waals surface area contributed by atoms with E-state index < -0.39 is 5.79 Å². The number of aromatic hydroxyl groups is 2. The van der Waals surface area contributed by atoms with Gasteiger partial charge in [-0.05, 0) is 50.0 Å². The number of thioether (sulfide) groups is 2. The van der Waals surface area contributed by atoms with Gasteiger partial charge in [-0.1, -0.05) is 0 Å². The summed E-state index contributed by atoms with van der Waals surface area (Å²) in [5.41, 5.74) is 1.92. The summed E-state index contributed by atoms with van der Waals surface area (Å²) in [7, 11) is 4.93. The number of carbonyl (C=O) groups excluding carboxylic acids is 1. The van der Waals surface area contributed by atoms with Crippen molar-refractivity contribution < 1.29 is 38.7 Å². The molecular formula is C26H34O8S2. The van der Waals surface area contributed by atoms with Gasteiger partial charge >= 0.3 is 0 Å². The van der Waals surface area contributed by atoms with E-state index in [-0.39, 0.29) is 40.2 Å². The minimum absolute atomic E-state index is 0.00301. The molecule has 2 heterocycles. The van der Waals surface area contributed by atoms with Crippen molar-refractivity contribution in [2.24, 2.45) is 0 Å². The number of hydrogen-bond donors (Lipinski definition) is 2. The summed E-state index contributed by atoms with van der Waals surface area (Å²) in [6.07, 6.45) is 5.80. The first-order valence-electron chi connectivity index (χ1n) is 11.8. The van der Waals surface area contributed by atoms with Gasteiger partial charge in [-0.2, -0.15) is 0 Å². The zero-order valence-electron chi connectivity index (χ0n) is 21.5. The lowest BCUT2D eigenvalue weighted by molar-refractivity contribution is -0.205. The van der Waals surface area contributed by atoms with E-state index in [1.807, 2.05) is 13.0 Å². The molecule has 2 saturated heterocycles. The number of methoxy groups -OCH3 is 3. The van der Waals surface area contributed by atoms with Crippen LogP contribution in [-0.4, -0.2) is 85.1 Å². The highest BCUT2D eigenvalue weighted by Gasteiger charge is 2.65. The third-order valence-corrected chi connectivity index (χ3v) is 9.69. The standard InChI is InChI=1S/C16H16O4.C10H18O4S2/c1-8-6-10-14(12(18)7-8)15(19)13-9(16(10)20-2)4-3-5-11(13)17;1-11-7-6-5-13-10(14-6,8(7)12-2)9(15-3)16-4/h6-7,18-19H,3-5H2,1-2H3;6-9H,5H2,1-4H3. The van der Waals surface area contributed by atoms with Crippen molar-refractivity contribution >= 4 is 40.1 Å². The number of hydrogen-bond acceptors (Lipinski definition) is 10. The summed E-state index contributed by atoms with van der Waals surface area (Å²) in [6, 6.07) is 3.42. The van der Waals surface area contributed by atoms with Gasteiger partial charge in [0, 0.05) is 31.6 Å². The second-order valence-electron chi connectivity index (χ2n) is 9.07. The molecule has 10 heteroatoms. The Bertz CT molecular complexity index is 1140. The largest absolute Gasteiger partial charge is 0.507 e. The van der Waals surface area contributed by atoms with Crippen LogP contribution in [0.3, 0.4) is 0 Å². The Balaban J connectivity index is 0.000000174. The van der Waals surface area contributed by atoms with Crippen LogP contribution in [-0.2, 0) is 25.4 Å². The fourth-order valence-electron chi connectivity index (χ4n) is 5.57. The lowest BCUT2D eigenvalue weighted by Gasteiger charge is -2.38. The van der Waals surface area contributed by atoms with Gasteiger partial charge in [-0.15, -0.1) is 23.5 Å². The molecule has 2 aliphatic heterocycles. The van der Waals surface area contributed by atoms with E-state index in [0.717, 1.165) is 17.5 Å². The average molecular weight is 539 g/mol. The third kappa shape index (κ3) is 4.35. The molecule has 2 bridgehead atoms. The van der Waals surface area contributed by atoms with Gasteiger partial charge in [-0.25, -0.2) is 0 Å². The van der Waals surface area contributed by atoms with Gasteiger partial charge in [-0.3, -0.25) is 4.79 Å². The molecule has 0 aromatic heterocycles. The van der Waals surface area contributed by atoms with E-state index in [9.17, 15) is 15.0 Å². The molecule has 5 rings (SSSR count). The summed E-state index contributed by atoms with van der Waals surface area (Å²) in [6.45, 7) is 2.45. The number of ether oxygens (including phenoxy) is 5. The molecule has 2 fully saturated rings. The molecule has 1 aliphatic carbocycles. The van der Waals surface area contributed by atoms with Crippen molar-refractivity contribution in [1.29, 1.82) is 0 Å². The summed E-state index contributed by atoms with van der Waals surface area (Å²) in [5.74, 6) is -0.322. The lowest BCUT2D eigenvalue weighted by atomic mass is 9.86. The molecule has 8 nitrogen and oxygen atoms in total. The molecule has 4 unspecified atom stereocenters. The van der Waals surface area contributed by atoms with E-state index in [1.54, 1.807) is 50.9 Å². The Kier molecular flexibility index (Phi) is 8.33. The number of fused-ring (bicyclic) bond motifs is 4. The van der Waals surface area contributed by atoms with Crippen molar-refractivity contribution in [2.45, 2.75) is 54.9 Å². The van der Waals surface area contributed by atoms with Crippen LogP contribution >= 0.6 is 23.5 Å². The molecule has 36 heavy (non-hydrogen) atoms. The first kappa shape index (κ1) is 27.3. The van der Waals surface area contributed by atoms with E-state index in [2.05, 4.69) is 12.5 Å². The molecule has 0 spiro atoms. The monoisotopic (exact) mass is 538 g/mol. The predicted octanol–water partition coefficient (Wildman–Crippen LogP) is 4.28. The highest BCUT2D eigenvalue weighted by molar-refractivity contribution is 8.16. The van der Waals surface area contributed by atoms with E-state index >= 15 is 0 Å². The van der Waals surface area contributed by atoms with Gasteiger partial charge in [0.25, 0.3) is 0 Å². The molecule has 0 radical (unpaired) electrons. The first-order valence-corrected chi connectivity index (χ1v) is 14.4. The number of benzene rings is 2. The second-order valence-corrected chi connectivity index (χ2v) is 11.3. The second kappa shape index (κ2) is 11.0. The number of rotatable bonds is 6.